The molecule has 2 rings (SSSR count). The van der Waals surface area contributed by atoms with E-state index >= 15 is 0 Å². The largest absolute Gasteiger partial charge is 0.506 e. The van der Waals surface area contributed by atoms with Gasteiger partial charge in [-0.05, 0) is 6.08 Å². The standard InChI is InChI=1S/C9H7NO2/c11-7-3-1-2-6-4-5-8(12)10-9(6)7/h1-6,11H. The molecule has 0 radical (unpaired) electrons. The summed E-state index contributed by atoms with van der Waals surface area (Å²) in [6.45, 7) is 0. The van der Waals surface area contributed by atoms with E-state index < -0.39 is 0 Å². The summed E-state index contributed by atoms with van der Waals surface area (Å²) in [6, 6.07) is 0. The van der Waals surface area contributed by atoms with Crippen LogP contribution in [0.3, 0.4) is 0 Å². The lowest BCUT2D eigenvalue weighted by Gasteiger charge is -2.16. The monoisotopic (exact) mass is 161 g/mol. The molecule has 1 heterocycles. The van der Waals surface area contributed by atoms with E-state index in [2.05, 4.69) is 4.99 Å². The van der Waals surface area contributed by atoms with Crippen LogP contribution < -0.4 is 0 Å². The van der Waals surface area contributed by atoms with Gasteiger partial charge in [0.05, 0.1) is 5.71 Å². The van der Waals surface area contributed by atoms with E-state index in [-0.39, 0.29) is 17.6 Å². The number of hydrogen-bond acceptors (Lipinski definition) is 2. The van der Waals surface area contributed by atoms with E-state index in [0.29, 0.717) is 5.71 Å². The summed E-state index contributed by atoms with van der Waals surface area (Å²) >= 11 is 0. The van der Waals surface area contributed by atoms with Crippen LogP contribution in [-0.2, 0) is 4.79 Å². The molecule has 0 aromatic heterocycles. The molecule has 1 unspecified atom stereocenters. The second kappa shape index (κ2) is 2.44. The molecule has 0 aromatic rings. The number of rotatable bonds is 0. The summed E-state index contributed by atoms with van der Waals surface area (Å²) in [4.78, 5) is 14.5. The predicted molar refractivity (Wildman–Crippen MR) is 44.9 cm³/mol. The van der Waals surface area contributed by atoms with Gasteiger partial charge >= 0.3 is 0 Å². The SMILES string of the molecule is O=C1C=CC2C=CC=C(O)C2=N1. The molecule has 60 valence electrons. The van der Waals surface area contributed by atoms with E-state index in [9.17, 15) is 9.90 Å². The minimum atomic E-state index is -0.309. The number of nitrogens with zero attached hydrogens (tertiary/aromatic N) is 1. The Labute approximate surface area is 69.4 Å². The first kappa shape index (κ1) is 7.03. The minimum absolute atomic E-state index is 0.0345. The average molecular weight is 161 g/mol. The third kappa shape index (κ3) is 0.993. The molecule has 1 aliphatic carbocycles. The Kier molecular flexibility index (Phi) is 1.43. The van der Waals surface area contributed by atoms with Crippen LogP contribution in [-0.4, -0.2) is 16.7 Å². The van der Waals surface area contributed by atoms with Gasteiger partial charge in [0.2, 0.25) is 0 Å². The Morgan fingerprint density at radius 1 is 1.42 bits per heavy atom. The lowest BCUT2D eigenvalue weighted by molar-refractivity contribution is -0.113. The molecule has 1 aliphatic heterocycles. The van der Waals surface area contributed by atoms with Crippen LogP contribution >= 0.6 is 0 Å². The van der Waals surface area contributed by atoms with Crippen LogP contribution in [0.4, 0.5) is 0 Å². The number of carbonyl (C=O) groups excluding carboxylic acids is 1. The maximum absolute atomic E-state index is 10.8. The Balaban J connectivity index is 2.44. The number of allylic oxidation sites excluding steroid dienone is 5. The lowest BCUT2D eigenvalue weighted by Crippen LogP contribution is -2.20. The van der Waals surface area contributed by atoms with Gasteiger partial charge < -0.3 is 5.11 Å². The van der Waals surface area contributed by atoms with E-state index in [0.717, 1.165) is 0 Å². The molecule has 3 nitrogen and oxygen atoms in total. The predicted octanol–water partition coefficient (Wildman–Crippen LogP) is 1.15. The molecule has 12 heavy (non-hydrogen) atoms. The highest BCUT2D eigenvalue weighted by atomic mass is 16.3. The van der Waals surface area contributed by atoms with Crippen LogP contribution in [0.1, 0.15) is 0 Å². The highest BCUT2D eigenvalue weighted by Gasteiger charge is 2.21. The molecule has 0 aromatic carbocycles. The van der Waals surface area contributed by atoms with Gasteiger partial charge in [-0.15, -0.1) is 0 Å². The molecule has 0 spiro atoms. The summed E-state index contributed by atoms with van der Waals surface area (Å²) in [5, 5.41) is 9.32. The molecular weight excluding hydrogens is 154 g/mol. The Morgan fingerprint density at radius 3 is 3.08 bits per heavy atom. The van der Waals surface area contributed by atoms with Gasteiger partial charge in [0, 0.05) is 12.0 Å². The zero-order valence-electron chi connectivity index (χ0n) is 6.27. The fourth-order valence-corrected chi connectivity index (χ4v) is 1.24. The maximum atomic E-state index is 10.8. The van der Waals surface area contributed by atoms with Crippen molar-refractivity contribution >= 4 is 11.6 Å². The van der Waals surface area contributed by atoms with Crippen molar-refractivity contribution < 1.29 is 9.90 Å². The summed E-state index contributed by atoms with van der Waals surface area (Å²) in [5.74, 6) is -0.260. The van der Waals surface area contributed by atoms with Gasteiger partial charge in [-0.2, -0.15) is 0 Å². The van der Waals surface area contributed by atoms with Crippen molar-refractivity contribution in [1.82, 2.24) is 0 Å². The number of aliphatic imine (C=N–C) groups is 1. The van der Waals surface area contributed by atoms with E-state index in [1.807, 2.05) is 6.08 Å². The molecule has 1 N–H and O–H groups in total. The first-order valence-corrected chi connectivity index (χ1v) is 3.66. The van der Waals surface area contributed by atoms with Crippen molar-refractivity contribution in [3.05, 3.63) is 36.1 Å². The molecule has 0 bridgehead atoms. The van der Waals surface area contributed by atoms with Crippen LogP contribution in [0.25, 0.3) is 0 Å². The van der Waals surface area contributed by atoms with Crippen molar-refractivity contribution in [2.45, 2.75) is 0 Å². The van der Waals surface area contributed by atoms with Gasteiger partial charge in [-0.25, -0.2) is 4.99 Å². The van der Waals surface area contributed by atoms with E-state index in [1.165, 1.54) is 12.2 Å². The first-order valence-electron chi connectivity index (χ1n) is 3.66. The van der Waals surface area contributed by atoms with E-state index in [1.54, 1.807) is 12.2 Å². The van der Waals surface area contributed by atoms with E-state index in [4.69, 9.17) is 0 Å². The second-order valence-corrected chi connectivity index (χ2v) is 2.66. The van der Waals surface area contributed by atoms with Gasteiger partial charge in [-0.3, -0.25) is 4.79 Å². The Bertz CT molecular complexity index is 346. The number of amides is 1. The van der Waals surface area contributed by atoms with Crippen LogP contribution in [0.5, 0.6) is 0 Å². The quantitative estimate of drug-likeness (QED) is 0.579. The number of fused-ring (bicyclic) bond motifs is 1. The third-order valence-corrected chi connectivity index (χ3v) is 1.83. The highest BCUT2D eigenvalue weighted by Crippen LogP contribution is 2.18. The fourth-order valence-electron chi connectivity index (χ4n) is 1.24. The highest BCUT2D eigenvalue weighted by molar-refractivity contribution is 6.12. The van der Waals surface area contributed by atoms with Gasteiger partial charge in [0.1, 0.15) is 5.76 Å². The minimum Gasteiger partial charge on any atom is -0.506 e. The fraction of sp³-hybridized carbons (Fsp3) is 0.111. The molecule has 1 atom stereocenters. The topological polar surface area (TPSA) is 49.7 Å². The van der Waals surface area contributed by atoms with Crippen LogP contribution in [0.15, 0.2) is 41.1 Å². The van der Waals surface area contributed by atoms with Crippen molar-refractivity contribution in [3.63, 3.8) is 0 Å². The van der Waals surface area contributed by atoms with Gasteiger partial charge in [0.25, 0.3) is 5.91 Å². The molecule has 0 saturated heterocycles. The molecule has 2 aliphatic rings. The Morgan fingerprint density at radius 2 is 2.25 bits per heavy atom. The zero-order valence-corrected chi connectivity index (χ0v) is 6.27. The Hall–Kier alpha value is -1.64. The number of dihydropyridines is 1. The van der Waals surface area contributed by atoms with Crippen LogP contribution in [0.2, 0.25) is 0 Å². The zero-order chi connectivity index (χ0) is 8.55. The molecule has 1 amide bonds. The lowest BCUT2D eigenvalue weighted by atomic mass is 9.95. The van der Waals surface area contributed by atoms with Crippen molar-refractivity contribution in [1.29, 1.82) is 0 Å². The number of hydrogen-bond donors (Lipinski definition) is 1. The van der Waals surface area contributed by atoms with Crippen LogP contribution in [0, 0.1) is 5.92 Å². The summed E-state index contributed by atoms with van der Waals surface area (Å²) < 4.78 is 0. The molecule has 0 saturated carbocycles. The van der Waals surface area contributed by atoms with Crippen molar-refractivity contribution in [2.24, 2.45) is 10.9 Å². The van der Waals surface area contributed by atoms with Crippen molar-refractivity contribution in [3.8, 4) is 0 Å². The molecular formula is C9H7NO2. The average Bonchev–Trinajstić information content (AvgIpc) is 2.07. The second-order valence-electron chi connectivity index (χ2n) is 2.66. The smallest absolute Gasteiger partial charge is 0.269 e. The normalized spacial score (nSPS) is 26.3. The molecule has 0 fully saturated rings. The first-order chi connectivity index (χ1) is 5.77. The maximum Gasteiger partial charge on any atom is 0.269 e. The van der Waals surface area contributed by atoms with Gasteiger partial charge in [-0.1, -0.05) is 18.2 Å². The number of aliphatic hydroxyl groups excluding tert-OH is 1. The third-order valence-electron chi connectivity index (χ3n) is 1.83. The number of aliphatic hydroxyl groups is 1. The summed E-state index contributed by atoms with van der Waals surface area (Å²) in [6.07, 6.45) is 8.30. The number of carbonyl (C=O) groups is 1. The van der Waals surface area contributed by atoms with Crippen molar-refractivity contribution in [2.75, 3.05) is 0 Å². The van der Waals surface area contributed by atoms with Gasteiger partial charge in [0.15, 0.2) is 0 Å². The summed E-state index contributed by atoms with van der Waals surface area (Å²) in [7, 11) is 0. The summed E-state index contributed by atoms with van der Waals surface area (Å²) in [5.41, 5.74) is 0.449. The molecule has 3 heteroatoms.